The summed E-state index contributed by atoms with van der Waals surface area (Å²) in [6.45, 7) is 11.4. The molecule has 0 atom stereocenters. The van der Waals surface area contributed by atoms with E-state index in [1.54, 1.807) is 0 Å². The van der Waals surface area contributed by atoms with Gasteiger partial charge in [-0.25, -0.2) is 0 Å². The minimum Gasteiger partial charge on any atom is -0.316 e. The van der Waals surface area contributed by atoms with E-state index < -0.39 is 0 Å². The second kappa shape index (κ2) is 11.0. The molecule has 2 nitrogen and oxygen atoms in total. The van der Waals surface area contributed by atoms with Gasteiger partial charge in [-0.15, -0.1) is 0 Å². The largest absolute Gasteiger partial charge is 0.316 e. The molecule has 0 aromatic heterocycles. The van der Waals surface area contributed by atoms with Crippen molar-refractivity contribution in [1.29, 1.82) is 0 Å². The number of unbranched alkanes of at least 4 members (excludes halogenated alkanes) is 2. The Morgan fingerprint density at radius 1 is 0.857 bits per heavy atom. The standard InChI is InChI=1S/C12H28N2/c1-4-6-8-13-10-12(3)11-14-9-7-5-2/h12-14H,4-11H2,1-3H3. The SMILES string of the molecule is CCCCNCC(C)CNCCCC. The first-order chi connectivity index (χ1) is 6.81. The van der Waals surface area contributed by atoms with Crippen molar-refractivity contribution < 1.29 is 0 Å². The molecule has 0 aromatic carbocycles. The first kappa shape index (κ1) is 13.9. The van der Waals surface area contributed by atoms with Gasteiger partial charge < -0.3 is 10.6 Å². The lowest BCUT2D eigenvalue weighted by atomic mass is 10.1. The van der Waals surface area contributed by atoms with Gasteiger partial charge in [0.1, 0.15) is 0 Å². The fourth-order valence-electron chi connectivity index (χ4n) is 1.37. The smallest absolute Gasteiger partial charge is 0.00110 e. The van der Waals surface area contributed by atoms with Crippen LogP contribution in [0, 0.1) is 5.92 Å². The first-order valence-electron chi connectivity index (χ1n) is 6.22. The fourth-order valence-corrected chi connectivity index (χ4v) is 1.37. The molecule has 0 aromatic rings. The van der Waals surface area contributed by atoms with Crippen LogP contribution in [0.3, 0.4) is 0 Å². The summed E-state index contributed by atoms with van der Waals surface area (Å²) < 4.78 is 0. The Morgan fingerprint density at radius 3 is 1.64 bits per heavy atom. The van der Waals surface area contributed by atoms with E-state index in [2.05, 4.69) is 31.4 Å². The van der Waals surface area contributed by atoms with Crippen molar-refractivity contribution >= 4 is 0 Å². The molecular formula is C12H28N2. The third-order valence-electron chi connectivity index (χ3n) is 2.40. The lowest BCUT2D eigenvalue weighted by Gasteiger charge is -2.13. The third kappa shape index (κ3) is 10.0. The van der Waals surface area contributed by atoms with Crippen molar-refractivity contribution in [2.45, 2.75) is 46.5 Å². The number of hydrogen-bond donors (Lipinski definition) is 2. The highest BCUT2D eigenvalue weighted by Gasteiger charge is 1.99. The molecule has 0 unspecified atom stereocenters. The van der Waals surface area contributed by atoms with Crippen LogP contribution in [0.5, 0.6) is 0 Å². The Bertz CT molecular complexity index is 92.5. The van der Waals surface area contributed by atoms with E-state index in [9.17, 15) is 0 Å². The highest BCUT2D eigenvalue weighted by atomic mass is 14.9. The Morgan fingerprint density at radius 2 is 1.29 bits per heavy atom. The molecule has 0 saturated heterocycles. The molecule has 0 bridgehead atoms. The van der Waals surface area contributed by atoms with E-state index in [1.807, 2.05) is 0 Å². The van der Waals surface area contributed by atoms with Gasteiger partial charge in [0.2, 0.25) is 0 Å². The van der Waals surface area contributed by atoms with Gasteiger partial charge in [0, 0.05) is 0 Å². The second-order valence-electron chi connectivity index (χ2n) is 4.22. The molecule has 0 amide bonds. The van der Waals surface area contributed by atoms with Crippen molar-refractivity contribution in [2.75, 3.05) is 26.2 Å². The molecule has 0 aliphatic rings. The molecule has 0 aliphatic carbocycles. The van der Waals surface area contributed by atoms with Crippen LogP contribution in [0.25, 0.3) is 0 Å². The molecule has 0 saturated carbocycles. The molecule has 0 fully saturated rings. The van der Waals surface area contributed by atoms with Crippen LogP contribution in [0.1, 0.15) is 46.5 Å². The van der Waals surface area contributed by atoms with Gasteiger partial charge in [-0.1, -0.05) is 33.6 Å². The molecule has 2 heteroatoms. The molecule has 0 heterocycles. The summed E-state index contributed by atoms with van der Waals surface area (Å²) in [6.07, 6.45) is 5.18. The average molecular weight is 200 g/mol. The van der Waals surface area contributed by atoms with E-state index >= 15 is 0 Å². The van der Waals surface area contributed by atoms with Crippen LogP contribution >= 0.6 is 0 Å². The number of hydrogen-bond acceptors (Lipinski definition) is 2. The highest BCUT2D eigenvalue weighted by Crippen LogP contribution is 1.91. The quantitative estimate of drug-likeness (QED) is 0.529. The molecule has 0 rings (SSSR count). The van der Waals surface area contributed by atoms with Crippen LogP contribution in [0.4, 0.5) is 0 Å². The van der Waals surface area contributed by atoms with Gasteiger partial charge in [0.05, 0.1) is 0 Å². The van der Waals surface area contributed by atoms with Crippen LogP contribution in [-0.4, -0.2) is 26.2 Å². The summed E-state index contributed by atoms with van der Waals surface area (Å²) in [5, 5.41) is 6.97. The average Bonchev–Trinajstić information content (AvgIpc) is 2.19. The monoisotopic (exact) mass is 200 g/mol. The Hall–Kier alpha value is -0.0800. The summed E-state index contributed by atoms with van der Waals surface area (Å²) in [4.78, 5) is 0. The van der Waals surface area contributed by atoms with E-state index in [-0.39, 0.29) is 0 Å². The van der Waals surface area contributed by atoms with Crippen LogP contribution < -0.4 is 10.6 Å². The number of nitrogens with one attached hydrogen (secondary N) is 2. The zero-order valence-electron chi connectivity index (χ0n) is 10.2. The lowest BCUT2D eigenvalue weighted by molar-refractivity contribution is 0.466. The maximum absolute atomic E-state index is 3.49. The summed E-state index contributed by atoms with van der Waals surface area (Å²) in [5.41, 5.74) is 0. The van der Waals surface area contributed by atoms with Crippen LogP contribution in [0.15, 0.2) is 0 Å². The predicted molar refractivity (Wildman–Crippen MR) is 64.7 cm³/mol. The van der Waals surface area contributed by atoms with Gasteiger partial charge in [-0.3, -0.25) is 0 Å². The molecule has 0 aliphatic heterocycles. The van der Waals surface area contributed by atoms with Gasteiger partial charge in [-0.2, -0.15) is 0 Å². The zero-order chi connectivity index (χ0) is 10.6. The predicted octanol–water partition coefficient (Wildman–Crippen LogP) is 2.40. The van der Waals surface area contributed by atoms with Crippen molar-refractivity contribution in [3.8, 4) is 0 Å². The Labute approximate surface area is 89.9 Å². The first-order valence-corrected chi connectivity index (χ1v) is 6.22. The minimum absolute atomic E-state index is 0.753. The molecule has 0 radical (unpaired) electrons. The van der Waals surface area contributed by atoms with Crippen molar-refractivity contribution in [3.63, 3.8) is 0 Å². The van der Waals surface area contributed by atoms with Crippen molar-refractivity contribution in [2.24, 2.45) is 5.92 Å². The fraction of sp³-hybridized carbons (Fsp3) is 1.00. The van der Waals surface area contributed by atoms with Gasteiger partial charge in [0.25, 0.3) is 0 Å². The van der Waals surface area contributed by atoms with Gasteiger partial charge in [-0.05, 0) is 44.9 Å². The van der Waals surface area contributed by atoms with E-state index in [4.69, 9.17) is 0 Å². The van der Waals surface area contributed by atoms with Gasteiger partial charge in [0.15, 0.2) is 0 Å². The Balaban J connectivity index is 3.07. The zero-order valence-corrected chi connectivity index (χ0v) is 10.2. The van der Waals surface area contributed by atoms with Gasteiger partial charge >= 0.3 is 0 Å². The summed E-state index contributed by atoms with van der Waals surface area (Å²) in [6, 6.07) is 0. The van der Waals surface area contributed by atoms with Crippen molar-refractivity contribution in [3.05, 3.63) is 0 Å². The van der Waals surface area contributed by atoms with E-state index in [1.165, 1.54) is 38.8 Å². The maximum Gasteiger partial charge on any atom is -0.00110 e. The van der Waals surface area contributed by atoms with Crippen LogP contribution in [-0.2, 0) is 0 Å². The highest BCUT2D eigenvalue weighted by molar-refractivity contribution is 4.60. The Kier molecular flexibility index (Phi) is 10.9. The summed E-state index contributed by atoms with van der Waals surface area (Å²) >= 11 is 0. The molecule has 0 spiro atoms. The summed E-state index contributed by atoms with van der Waals surface area (Å²) in [5.74, 6) is 0.753. The number of rotatable bonds is 10. The molecule has 14 heavy (non-hydrogen) atoms. The molecule has 86 valence electrons. The van der Waals surface area contributed by atoms with E-state index in [0.717, 1.165) is 19.0 Å². The summed E-state index contributed by atoms with van der Waals surface area (Å²) in [7, 11) is 0. The topological polar surface area (TPSA) is 24.1 Å². The minimum atomic E-state index is 0.753. The normalized spacial score (nSPS) is 11.1. The van der Waals surface area contributed by atoms with E-state index in [0.29, 0.717) is 0 Å². The molecular weight excluding hydrogens is 172 g/mol. The van der Waals surface area contributed by atoms with Crippen molar-refractivity contribution in [1.82, 2.24) is 10.6 Å². The van der Waals surface area contributed by atoms with Crippen LogP contribution in [0.2, 0.25) is 0 Å². The maximum atomic E-state index is 3.49. The lowest BCUT2D eigenvalue weighted by Crippen LogP contribution is -2.30. The molecule has 2 N–H and O–H groups in total. The second-order valence-corrected chi connectivity index (χ2v) is 4.22. The third-order valence-corrected chi connectivity index (χ3v) is 2.40.